The van der Waals surface area contributed by atoms with E-state index in [4.69, 9.17) is 24.3 Å². The van der Waals surface area contributed by atoms with Crippen LogP contribution in [0.2, 0.25) is 0 Å². The molecule has 4 rings (SSSR count). The van der Waals surface area contributed by atoms with Gasteiger partial charge in [0.1, 0.15) is 9.52 Å². The van der Waals surface area contributed by atoms with Crippen LogP contribution in [0.1, 0.15) is 39.5 Å². The normalized spacial score (nSPS) is 10.4. The molecule has 0 saturated heterocycles. The van der Waals surface area contributed by atoms with Gasteiger partial charge in [-0.2, -0.15) is 17.5 Å². The van der Waals surface area contributed by atoms with Gasteiger partial charge in [0.15, 0.2) is 0 Å². The van der Waals surface area contributed by atoms with Crippen LogP contribution in [0.15, 0.2) is 103 Å². The van der Waals surface area contributed by atoms with Crippen molar-refractivity contribution in [1.29, 1.82) is 0 Å². The molecule has 1 amide bonds. The van der Waals surface area contributed by atoms with Crippen LogP contribution in [0.25, 0.3) is 16.5 Å². The first-order chi connectivity index (χ1) is 17.0. The maximum absolute atomic E-state index is 10.5. The summed E-state index contributed by atoms with van der Waals surface area (Å²) in [7, 11) is 10.6. The van der Waals surface area contributed by atoms with Gasteiger partial charge in [-0.05, 0) is 18.8 Å². The number of benzene rings is 3. The van der Waals surface area contributed by atoms with Gasteiger partial charge in [0.05, 0.1) is 5.91 Å². The second-order valence-corrected chi connectivity index (χ2v) is 11.7. The standard InChI is InChI=1S/C12H10Si.C9H7.C8H17NO.2ClH.Ti/c1-3-7-11(8-4-1)13-12-9-5-2-6-10-12;1-2-5-9-7-3-6-8(9)4-1;1-3-5-6-7(4-2)8(9)10;;;/h1-10H;1-7H;7H,3-6H2,1-2H3,(H2,9,10);2*1H;/q;-1;;;;+2/p-3. The Balaban J connectivity index is 0.000000253. The van der Waals surface area contributed by atoms with E-state index in [1.165, 1.54) is 21.1 Å². The number of hydrogen-bond donors (Lipinski definition) is 0. The predicted molar refractivity (Wildman–Crippen MR) is 152 cm³/mol. The van der Waals surface area contributed by atoms with Gasteiger partial charge in [0, 0.05) is 0 Å². The largest absolute Gasteiger partial charge is 0.168 e. The summed E-state index contributed by atoms with van der Waals surface area (Å²) in [6.45, 7) is 4.06. The quantitative estimate of drug-likeness (QED) is 0.167. The third-order valence-electron chi connectivity index (χ3n) is 5.15. The summed E-state index contributed by atoms with van der Waals surface area (Å²) in [6, 6.07) is 35.8. The van der Waals surface area contributed by atoms with Crippen LogP contribution < -0.4 is 10.4 Å². The average Bonchev–Trinajstić information content (AvgIpc) is 3.36. The molecule has 4 aromatic rings. The summed E-state index contributed by atoms with van der Waals surface area (Å²) in [5.74, 6) is -0.393. The molecule has 0 spiro atoms. The molecule has 2 radical (unpaired) electrons. The van der Waals surface area contributed by atoms with Crippen LogP contribution >= 0.6 is 18.6 Å². The fourth-order valence-corrected chi connectivity index (χ4v) is 4.30. The molecule has 0 aliphatic heterocycles. The van der Waals surface area contributed by atoms with Gasteiger partial charge in [-0.15, -0.1) is 29.7 Å². The Morgan fingerprint density at radius 2 is 1.40 bits per heavy atom. The number of halogens is 2. The molecule has 1 atom stereocenters. The second kappa shape index (κ2) is 20.4. The first-order valence-electron chi connectivity index (χ1n) is 11.7. The molecule has 0 aliphatic carbocycles. The minimum Gasteiger partial charge on any atom is -0.168 e. The van der Waals surface area contributed by atoms with Crippen molar-refractivity contribution in [1.82, 2.24) is 0 Å². The Morgan fingerprint density at radius 3 is 1.86 bits per heavy atom. The van der Waals surface area contributed by atoms with E-state index in [2.05, 4.69) is 110 Å². The first-order valence-corrected chi connectivity index (χ1v) is 17.0. The van der Waals surface area contributed by atoms with E-state index in [-0.39, 0.29) is 5.92 Å². The molecule has 0 aliphatic rings. The minimum atomic E-state index is -0.556. The van der Waals surface area contributed by atoms with Gasteiger partial charge in [-0.25, -0.2) is 0 Å². The smallest absolute Gasteiger partial charge is 0.121 e. The molecule has 2 nitrogen and oxygen atoms in total. The average molecular weight is 558 g/mol. The summed E-state index contributed by atoms with van der Waals surface area (Å²) in [4.78, 5) is 10.5. The summed E-state index contributed by atoms with van der Waals surface area (Å²) in [5, 5.41) is 5.46. The fourth-order valence-electron chi connectivity index (χ4n) is 3.25. The third-order valence-corrected chi connectivity index (χ3v) is 6.40. The number of rotatable bonds is 7. The number of unbranched alkanes of at least 4 members (excludes halogenated alkanes) is 1. The molecular weight excluding hydrogens is 525 g/mol. The van der Waals surface area contributed by atoms with Gasteiger partial charge in [-0.3, -0.25) is 0 Å². The Kier molecular flexibility index (Phi) is 18.3. The number of nitrogens with one attached hydrogen (secondary N) is 1. The van der Waals surface area contributed by atoms with Gasteiger partial charge in [0.25, 0.3) is 0 Å². The summed E-state index contributed by atoms with van der Waals surface area (Å²) >= 11 is -0.556. The van der Waals surface area contributed by atoms with E-state index in [0.717, 1.165) is 35.2 Å². The van der Waals surface area contributed by atoms with Gasteiger partial charge >= 0.3 is 35.6 Å². The number of carbonyl (C=O) groups excluding carboxylic acids is 1. The molecule has 1 unspecified atom stereocenters. The van der Waals surface area contributed by atoms with Crippen LogP contribution in [0.3, 0.4) is 0 Å². The number of amides is 1. The Hall–Kier alpha value is -1.75. The molecule has 1 N–H and O–H groups in total. The molecule has 0 fully saturated rings. The number of hydrogen-bond acceptors (Lipinski definition) is 1. The van der Waals surface area contributed by atoms with Gasteiger partial charge in [0.2, 0.25) is 0 Å². The van der Waals surface area contributed by atoms with Crippen LogP contribution in [0.4, 0.5) is 0 Å². The van der Waals surface area contributed by atoms with E-state index in [0.29, 0.717) is 0 Å². The molecule has 6 heteroatoms. The Labute approximate surface area is 230 Å². The zero-order valence-electron chi connectivity index (χ0n) is 20.4. The van der Waals surface area contributed by atoms with Crippen molar-refractivity contribution in [3.8, 4) is 0 Å². The van der Waals surface area contributed by atoms with Gasteiger partial charge in [-0.1, -0.05) is 104 Å². The molecule has 0 saturated carbocycles. The second-order valence-electron chi connectivity index (χ2n) is 7.69. The monoisotopic (exact) mass is 557 g/mol. The maximum atomic E-state index is 10.5. The van der Waals surface area contributed by atoms with Crippen LogP contribution in [0, 0.1) is 5.92 Å². The topological polar surface area (TPSA) is 40.9 Å². The zero-order chi connectivity index (χ0) is 25.7. The predicted octanol–water partition coefficient (Wildman–Crippen LogP) is 8.06. The molecule has 184 valence electrons. The van der Waals surface area contributed by atoms with Crippen LogP contribution in [-0.4, -0.2) is 15.4 Å². The van der Waals surface area contributed by atoms with E-state index in [9.17, 15) is 4.79 Å². The summed E-state index contributed by atoms with van der Waals surface area (Å²) in [5.41, 5.74) is 6.87. The van der Waals surface area contributed by atoms with Crippen molar-refractivity contribution in [2.75, 3.05) is 0 Å². The molecule has 0 aromatic heterocycles. The molecular formula is C29H33Cl2NOSiTi-2. The summed E-state index contributed by atoms with van der Waals surface area (Å²) in [6.07, 6.45) is 3.91. The Bertz CT molecular complexity index is 976. The molecule has 35 heavy (non-hydrogen) atoms. The molecule has 0 bridgehead atoms. The van der Waals surface area contributed by atoms with E-state index in [1.807, 2.05) is 6.92 Å². The minimum absolute atomic E-state index is 0.0000463. The first kappa shape index (κ1) is 31.3. The molecule has 0 heterocycles. The third kappa shape index (κ3) is 14.4. The van der Waals surface area contributed by atoms with E-state index >= 15 is 0 Å². The van der Waals surface area contributed by atoms with Crippen molar-refractivity contribution in [2.45, 2.75) is 39.5 Å². The van der Waals surface area contributed by atoms with E-state index in [1.54, 1.807) is 0 Å². The van der Waals surface area contributed by atoms with Crippen molar-refractivity contribution in [2.24, 2.45) is 5.92 Å². The van der Waals surface area contributed by atoms with Crippen molar-refractivity contribution in [3.05, 3.63) is 109 Å². The van der Waals surface area contributed by atoms with Crippen LogP contribution in [0.5, 0.6) is 0 Å². The maximum Gasteiger partial charge on any atom is 0.121 e. The SMILES string of the molecule is CCCCC(CC)C([NH-])=O.[Cl][Ti][Cl].c1ccc([Si]c2ccccc2)cc1.c1ccc2[cH-]ccc2c1. The zero-order valence-corrected chi connectivity index (χ0v) is 24.5. The van der Waals surface area contributed by atoms with Crippen molar-refractivity contribution >= 4 is 55.2 Å². The number of carbonyl (C=O) groups is 1. The van der Waals surface area contributed by atoms with Crippen LogP contribution in [-0.2, 0) is 21.8 Å². The molecule has 4 aromatic carbocycles. The fraction of sp³-hybridized carbons (Fsp3) is 0.241. The van der Waals surface area contributed by atoms with Crippen molar-refractivity contribution < 1.29 is 21.8 Å². The van der Waals surface area contributed by atoms with Crippen molar-refractivity contribution in [3.63, 3.8) is 0 Å². The Morgan fingerprint density at radius 1 is 0.886 bits per heavy atom. The number of fused-ring (bicyclic) bond motifs is 1. The van der Waals surface area contributed by atoms with E-state index < -0.39 is 22.9 Å². The van der Waals surface area contributed by atoms with Gasteiger partial charge < -0.3 is 10.5 Å². The summed E-state index contributed by atoms with van der Waals surface area (Å²) < 4.78 is 0.